The first-order valence-corrected chi connectivity index (χ1v) is 8.53. The van der Waals surface area contributed by atoms with Gasteiger partial charge in [-0.05, 0) is 36.3 Å². The second-order valence-corrected chi connectivity index (χ2v) is 6.21. The molecule has 0 radical (unpaired) electrons. The zero-order valence-corrected chi connectivity index (χ0v) is 14.9. The highest BCUT2D eigenvalue weighted by molar-refractivity contribution is 6.32. The van der Waals surface area contributed by atoms with Gasteiger partial charge in [0.2, 0.25) is 0 Å². The van der Waals surface area contributed by atoms with Crippen LogP contribution in [0.1, 0.15) is 24.1 Å². The van der Waals surface area contributed by atoms with Gasteiger partial charge in [0, 0.05) is 0 Å². The predicted molar refractivity (Wildman–Crippen MR) is 99.0 cm³/mol. The molecular weight excluding hydrogens is 352 g/mol. The Morgan fingerprint density at radius 3 is 2.73 bits per heavy atom. The maximum Gasteiger partial charge on any atom is 0.262 e. The van der Waals surface area contributed by atoms with Crippen LogP contribution in [0.15, 0.2) is 48.0 Å². The number of nitrogens with zero attached hydrogens (tertiary/aromatic N) is 1. The van der Waals surface area contributed by atoms with Crippen molar-refractivity contribution in [3.8, 4) is 17.6 Å². The summed E-state index contributed by atoms with van der Waals surface area (Å²) >= 11 is 6.20. The van der Waals surface area contributed by atoms with E-state index in [2.05, 4.69) is 5.32 Å². The zero-order chi connectivity index (χ0) is 18.5. The molecule has 1 N–H and O–H groups in total. The summed E-state index contributed by atoms with van der Waals surface area (Å²) in [6, 6.07) is 14.6. The zero-order valence-electron chi connectivity index (χ0n) is 14.2. The molecule has 0 saturated carbocycles. The number of carbonyl (C=O) groups excluding carboxylic acids is 1. The van der Waals surface area contributed by atoms with Crippen molar-refractivity contribution in [2.75, 3.05) is 13.2 Å². The van der Waals surface area contributed by atoms with Gasteiger partial charge in [-0.3, -0.25) is 4.79 Å². The Kier molecular flexibility index (Phi) is 5.45. The van der Waals surface area contributed by atoms with Gasteiger partial charge in [0.1, 0.15) is 24.9 Å². The lowest BCUT2D eigenvalue weighted by Gasteiger charge is -2.19. The Morgan fingerprint density at radius 2 is 2.00 bits per heavy atom. The van der Waals surface area contributed by atoms with E-state index in [4.69, 9.17) is 21.1 Å². The number of rotatable bonds is 4. The van der Waals surface area contributed by atoms with Gasteiger partial charge in [-0.1, -0.05) is 41.9 Å². The molecule has 1 aliphatic rings. The Bertz CT molecular complexity index is 888. The lowest BCUT2D eigenvalue weighted by Crippen LogP contribution is -2.27. The topological polar surface area (TPSA) is 71.4 Å². The van der Waals surface area contributed by atoms with Crippen LogP contribution in [-0.4, -0.2) is 19.1 Å². The predicted octanol–water partition coefficient (Wildman–Crippen LogP) is 3.90. The van der Waals surface area contributed by atoms with E-state index < -0.39 is 5.91 Å². The molecule has 132 valence electrons. The fraction of sp³-hybridized carbons (Fsp3) is 0.200. The number of hydrogen-bond donors (Lipinski definition) is 1. The van der Waals surface area contributed by atoms with Crippen molar-refractivity contribution in [2.24, 2.45) is 0 Å². The fourth-order valence-corrected chi connectivity index (χ4v) is 2.90. The highest BCUT2D eigenvalue weighted by Crippen LogP contribution is 2.38. The largest absolute Gasteiger partial charge is 0.486 e. The van der Waals surface area contributed by atoms with Gasteiger partial charge in [-0.2, -0.15) is 5.26 Å². The van der Waals surface area contributed by atoms with E-state index >= 15 is 0 Å². The molecule has 0 unspecified atom stereocenters. The first-order valence-electron chi connectivity index (χ1n) is 8.15. The van der Waals surface area contributed by atoms with Crippen LogP contribution in [0.2, 0.25) is 5.02 Å². The number of carbonyl (C=O) groups is 1. The van der Waals surface area contributed by atoms with Crippen LogP contribution >= 0.6 is 11.6 Å². The Labute approximate surface area is 156 Å². The number of amides is 1. The van der Waals surface area contributed by atoms with Gasteiger partial charge in [-0.25, -0.2) is 0 Å². The van der Waals surface area contributed by atoms with Crippen LogP contribution in [0, 0.1) is 11.3 Å². The van der Waals surface area contributed by atoms with E-state index in [1.807, 2.05) is 43.3 Å². The minimum atomic E-state index is -0.449. The van der Waals surface area contributed by atoms with Gasteiger partial charge in [0.25, 0.3) is 5.91 Å². The van der Waals surface area contributed by atoms with E-state index in [-0.39, 0.29) is 11.6 Å². The maximum atomic E-state index is 12.4. The number of benzene rings is 2. The number of ether oxygens (including phenoxy) is 2. The van der Waals surface area contributed by atoms with E-state index in [0.29, 0.717) is 35.3 Å². The third kappa shape index (κ3) is 3.98. The van der Waals surface area contributed by atoms with Crippen LogP contribution in [0.5, 0.6) is 11.5 Å². The molecule has 0 bridgehead atoms. The number of halogens is 1. The molecule has 2 aromatic carbocycles. The molecule has 0 fully saturated rings. The van der Waals surface area contributed by atoms with Crippen molar-refractivity contribution in [1.29, 1.82) is 5.26 Å². The van der Waals surface area contributed by atoms with Gasteiger partial charge >= 0.3 is 0 Å². The number of fused-ring (bicyclic) bond motifs is 1. The van der Waals surface area contributed by atoms with Crippen molar-refractivity contribution in [2.45, 2.75) is 13.0 Å². The van der Waals surface area contributed by atoms with Crippen LogP contribution in [-0.2, 0) is 4.79 Å². The Hall–Kier alpha value is -2.97. The van der Waals surface area contributed by atoms with Crippen molar-refractivity contribution in [3.05, 3.63) is 64.2 Å². The van der Waals surface area contributed by atoms with Crippen LogP contribution < -0.4 is 14.8 Å². The van der Waals surface area contributed by atoms with Crippen molar-refractivity contribution in [3.63, 3.8) is 0 Å². The van der Waals surface area contributed by atoms with Crippen LogP contribution in [0.4, 0.5) is 0 Å². The molecule has 1 heterocycles. The lowest BCUT2D eigenvalue weighted by atomic mass is 10.1. The third-order valence-electron chi connectivity index (χ3n) is 3.94. The monoisotopic (exact) mass is 368 g/mol. The highest BCUT2D eigenvalue weighted by Gasteiger charge is 2.18. The standard InChI is InChI=1S/C20H17ClN2O3/c1-13(15-5-3-2-4-6-15)23-20(24)16(12-22)9-14-10-17(21)19-18(11-14)25-7-8-26-19/h2-6,9-11,13H,7-8H2,1H3,(H,23,24)/b16-9+/t13-/m0/s1. The third-order valence-corrected chi connectivity index (χ3v) is 4.22. The van der Waals surface area contributed by atoms with E-state index in [9.17, 15) is 10.1 Å². The summed E-state index contributed by atoms with van der Waals surface area (Å²) in [6.07, 6.45) is 1.48. The van der Waals surface area contributed by atoms with Crippen molar-refractivity contribution in [1.82, 2.24) is 5.32 Å². The van der Waals surface area contributed by atoms with Gasteiger partial charge in [0.15, 0.2) is 11.5 Å². The first-order chi connectivity index (χ1) is 12.6. The minimum absolute atomic E-state index is 0.0134. The summed E-state index contributed by atoms with van der Waals surface area (Å²) in [5, 5.41) is 12.6. The molecule has 3 rings (SSSR count). The second kappa shape index (κ2) is 7.94. The molecular formula is C20H17ClN2O3. The molecule has 0 aliphatic carbocycles. The molecule has 0 saturated heterocycles. The molecule has 1 amide bonds. The van der Waals surface area contributed by atoms with Gasteiger partial charge in [-0.15, -0.1) is 0 Å². The molecule has 26 heavy (non-hydrogen) atoms. The summed E-state index contributed by atoms with van der Waals surface area (Å²) < 4.78 is 11.0. The van der Waals surface area contributed by atoms with Crippen molar-refractivity contribution >= 4 is 23.6 Å². The molecule has 1 atom stereocenters. The molecule has 2 aromatic rings. The van der Waals surface area contributed by atoms with Gasteiger partial charge < -0.3 is 14.8 Å². The van der Waals surface area contributed by atoms with E-state index in [1.54, 1.807) is 12.1 Å². The molecule has 6 heteroatoms. The van der Waals surface area contributed by atoms with E-state index in [1.165, 1.54) is 6.08 Å². The maximum absolute atomic E-state index is 12.4. The number of nitriles is 1. The van der Waals surface area contributed by atoms with E-state index in [0.717, 1.165) is 5.56 Å². The van der Waals surface area contributed by atoms with Crippen molar-refractivity contribution < 1.29 is 14.3 Å². The number of nitrogens with one attached hydrogen (secondary N) is 1. The van der Waals surface area contributed by atoms with Gasteiger partial charge in [0.05, 0.1) is 11.1 Å². The Morgan fingerprint density at radius 1 is 1.27 bits per heavy atom. The lowest BCUT2D eigenvalue weighted by molar-refractivity contribution is -0.117. The quantitative estimate of drug-likeness (QED) is 0.656. The molecule has 1 aliphatic heterocycles. The summed E-state index contributed by atoms with van der Waals surface area (Å²) in [5.41, 5.74) is 1.54. The highest BCUT2D eigenvalue weighted by atomic mass is 35.5. The molecule has 0 spiro atoms. The normalized spacial score (nSPS) is 14.3. The minimum Gasteiger partial charge on any atom is -0.486 e. The SMILES string of the molecule is C[C@H](NC(=O)/C(C#N)=C/c1cc(Cl)c2c(c1)OCCO2)c1ccccc1. The second-order valence-electron chi connectivity index (χ2n) is 5.80. The molecule has 5 nitrogen and oxygen atoms in total. The fourth-order valence-electron chi connectivity index (χ4n) is 2.63. The average molecular weight is 369 g/mol. The summed E-state index contributed by atoms with van der Waals surface area (Å²) in [6.45, 7) is 2.73. The Balaban J connectivity index is 1.81. The summed E-state index contributed by atoms with van der Waals surface area (Å²) in [4.78, 5) is 12.4. The summed E-state index contributed by atoms with van der Waals surface area (Å²) in [5.74, 6) is 0.538. The summed E-state index contributed by atoms with van der Waals surface area (Å²) in [7, 11) is 0. The van der Waals surface area contributed by atoms with Crippen LogP contribution in [0.3, 0.4) is 0 Å². The van der Waals surface area contributed by atoms with Crippen LogP contribution in [0.25, 0.3) is 6.08 Å². The number of hydrogen-bond acceptors (Lipinski definition) is 4. The first kappa shape index (κ1) is 17.8. The average Bonchev–Trinajstić information content (AvgIpc) is 2.66. The molecule has 0 aromatic heterocycles. The smallest absolute Gasteiger partial charge is 0.262 e.